The molecule has 1 saturated heterocycles. The summed E-state index contributed by atoms with van der Waals surface area (Å²) >= 11 is 0. The first-order valence-corrected chi connectivity index (χ1v) is 14.3. The zero-order chi connectivity index (χ0) is 31.9. The molecule has 6 nitrogen and oxygen atoms in total. The van der Waals surface area contributed by atoms with Crippen molar-refractivity contribution < 1.29 is 18.8 Å². The summed E-state index contributed by atoms with van der Waals surface area (Å²) in [5.41, 5.74) is 1.83. The Hall–Kier alpha value is -4.60. The summed E-state index contributed by atoms with van der Waals surface area (Å²) in [4.78, 5) is 10.8. The number of aliphatic hydroxyl groups is 1. The highest BCUT2D eigenvalue weighted by molar-refractivity contribution is 6.62. The van der Waals surface area contributed by atoms with Crippen molar-refractivity contribution in [3.8, 4) is 11.1 Å². The van der Waals surface area contributed by atoms with Crippen molar-refractivity contribution in [2.75, 3.05) is 0 Å². The summed E-state index contributed by atoms with van der Waals surface area (Å²) in [5, 5.41) is 14.3. The molecule has 6 rings (SSSR count). The molecule has 5 aromatic rings. The largest absolute Gasteiger partial charge is 0.494 e. The van der Waals surface area contributed by atoms with Gasteiger partial charge in [0.2, 0.25) is 0 Å². The van der Waals surface area contributed by atoms with Crippen molar-refractivity contribution in [2.24, 2.45) is 0 Å². The van der Waals surface area contributed by atoms with Gasteiger partial charge in [-0.15, -0.1) is 0 Å². The van der Waals surface area contributed by atoms with E-state index in [9.17, 15) is 9.50 Å². The normalized spacial score (nSPS) is 15.4. The van der Waals surface area contributed by atoms with E-state index in [2.05, 4.69) is 48.4 Å². The summed E-state index contributed by atoms with van der Waals surface area (Å²) < 4.78 is 26.3. The van der Waals surface area contributed by atoms with Gasteiger partial charge in [0.15, 0.2) is 11.4 Å². The topological polar surface area (TPSA) is 60.3 Å². The number of pyridine rings is 1. The Balaban J connectivity index is 0.000000175. The van der Waals surface area contributed by atoms with E-state index < -0.39 is 11.4 Å². The van der Waals surface area contributed by atoms with Crippen LogP contribution in [0.1, 0.15) is 47.1 Å². The molecule has 0 unspecified atom stereocenters. The molecule has 8 heteroatoms. The lowest BCUT2D eigenvalue weighted by atomic mass is 9.78. The fraction of sp³-hybridized carbons (Fsp3) is 0.250. The van der Waals surface area contributed by atoms with E-state index >= 15 is 0 Å². The third kappa shape index (κ3) is 6.07. The van der Waals surface area contributed by atoms with E-state index in [1.807, 2.05) is 60.7 Å². The van der Waals surface area contributed by atoms with Crippen molar-refractivity contribution in [1.82, 2.24) is 4.98 Å². The van der Waals surface area contributed by atoms with Gasteiger partial charge in [-0.05, 0) is 92.3 Å². The highest BCUT2D eigenvalue weighted by Crippen LogP contribution is 2.37. The molecule has 1 aliphatic rings. The minimum Gasteiger partial charge on any atom is -0.399 e. The maximum atomic E-state index is 14.2. The van der Waals surface area contributed by atoms with Gasteiger partial charge in [-0.25, -0.2) is 14.1 Å². The van der Waals surface area contributed by atoms with Crippen LogP contribution in [-0.2, 0) is 14.9 Å². The zero-order valence-corrected chi connectivity index (χ0v) is 25.6. The fourth-order valence-corrected chi connectivity index (χ4v) is 5.19. The third-order valence-electron chi connectivity index (χ3n) is 8.28. The van der Waals surface area contributed by atoms with E-state index in [0.717, 1.165) is 38.8 Å². The molecule has 0 atom stereocenters. The van der Waals surface area contributed by atoms with Gasteiger partial charge in [0.25, 0.3) is 0 Å². The SMILES string of the molecule is [C-]#[N+]c1ccc2cc(-c3cncc(F)c3C(C)(C)O)ccc2c1.[C-]#[N+]c1ccc2cc(B3OC(C)(C)C(C)(C)O3)ccc2c1. The second-order valence-corrected chi connectivity index (χ2v) is 12.5. The van der Waals surface area contributed by atoms with Crippen molar-refractivity contribution in [2.45, 2.75) is 58.3 Å². The summed E-state index contributed by atoms with van der Waals surface area (Å²) in [5.74, 6) is -0.529. The summed E-state index contributed by atoms with van der Waals surface area (Å²) in [6.45, 7) is 25.4. The lowest BCUT2D eigenvalue weighted by molar-refractivity contribution is 0.00578. The van der Waals surface area contributed by atoms with E-state index in [1.165, 1.54) is 0 Å². The average Bonchev–Trinajstić information content (AvgIpc) is 3.21. The van der Waals surface area contributed by atoms with Gasteiger partial charge in [-0.3, -0.25) is 4.98 Å². The Morgan fingerprint density at radius 3 is 1.80 bits per heavy atom. The Morgan fingerprint density at radius 1 is 0.750 bits per heavy atom. The van der Waals surface area contributed by atoms with E-state index in [4.69, 9.17) is 22.5 Å². The molecule has 1 fully saturated rings. The van der Waals surface area contributed by atoms with Crippen LogP contribution >= 0.6 is 0 Å². The lowest BCUT2D eigenvalue weighted by Gasteiger charge is -2.32. The molecule has 220 valence electrons. The number of aromatic nitrogens is 1. The number of hydrogen-bond acceptors (Lipinski definition) is 4. The molecule has 44 heavy (non-hydrogen) atoms. The van der Waals surface area contributed by atoms with Crippen molar-refractivity contribution in [3.05, 3.63) is 119 Å². The summed E-state index contributed by atoms with van der Waals surface area (Å²) in [7, 11) is -0.347. The number of rotatable bonds is 3. The van der Waals surface area contributed by atoms with E-state index in [0.29, 0.717) is 16.9 Å². The zero-order valence-electron chi connectivity index (χ0n) is 25.6. The van der Waals surface area contributed by atoms with Gasteiger partial charge in [0.1, 0.15) is 5.82 Å². The number of hydrogen-bond donors (Lipinski definition) is 1. The molecule has 1 N–H and O–H groups in total. The minimum atomic E-state index is -1.31. The van der Waals surface area contributed by atoms with Crippen LogP contribution in [0, 0.1) is 19.0 Å². The van der Waals surface area contributed by atoms with Crippen LogP contribution in [0.3, 0.4) is 0 Å². The number of nitrogens with zero attached hydrogens (tertiary/aromatic N) is 3. The average molecular weight is 585 g/mol. The lowest BCUT2D eigenvalue weighted by Crippen LogP contribution is -2.41. The number of fused-ring (bicyclic) bond motifs is 2. The van der Waals surface area contributed by atoms with Gasteiger partial charge in [-0.2, -0.15) is 0 Å². The van der Waals surface area contributed by atoms with Crippen LogP contribution < -0.4 is 5.46 Å². The molecule has 0 saturated carbocycles. The smallest absolute Gasteiger partial charge is 0.399 e. The molecular formula is C36H33BFN3O3. The maximum Gasteiger partial charge on any atom is 0.494 e. The van der Waals surface area contributed by atoms with Crippen molar-refractivity contribution >= 4 is 45.5 Å². The van der Waals surface area contributed by atoms with Crippen LogP contribution in [0.25, 0.3) is 42.4 Å². The van der Waals surface area contributed by atoms with Gasteiger partial charge in [-0.1, -0.05) is 54.6 Å². The molecule has 0 amide bonds. The minimum absolute atomic E-state index is 0.227. The molecule has 0 radical (unpaired) electrons. The molecule has 0 aliphatic carbocycles. The van der Waals surface area contributed by atoms with Gasteiger partial charge < -0.3 is 14.4 Å². The molecule has 0 spiro atoms. The summed E-state index contributed by atoms with van der Waals surface area (Å²) in [6, 6.07) is 22.9. The monoisotopic (exact) mass is 585 g/mol. The number of halogens is 1. The van der Waals surface area contributed by atoms with Gasteiger partial charge in [0, 0.05) is 17.3 Å². The van der Waals surface area contributed by atoms with Crippen LogP contribution in [0.2, 0.25) is 0 Å². The first-order chi connectivity index (χ1) is 20.7. The first-order valence-electron chi connectivity index (χ1n) is 14.3. The second-order valence-electron chi connectivity index (χ2n) is 12.5. The molecular weight excluding hydrogens is 552 g/mol. The predicted octanol–water partition coefficient (Wildman–Crippen LogP) is 8.51. The van der Waals surface area contributed by atoms with Crippen molar-refractivity contribution in [3.63, 3.8) is 0 Å². The molecule has 1 aliphatic heterocycles. The standard InChI is InChI=1S/C19H15FN2O.C17H18BNO2/c1-19(2,23)18-16(10-22-11-17(18)20)14-5-4-13-9-15(21-3)7-6-12(13)8-14;1-16(2)17(3,4)21-18(20-16)14-8-6-13-11-15(19-5)9-7-12(13)10-14/h4-11,23H,1-2H3;6-11H,1-4H3. The highest BCUT2D eigenvalue weighted by Gasteiger charge is 2.51. The first kappa shape index (κ1) is 30.8. The van der Waals surface area contributed by atoms with E-state index in [-0.39, 0.29) is 23.9 Å². The highest BCUT2D eigenvalue weighted by atomic mass is 19.1. The van der Waals surface area contributed by atoms with Gasteiger partial charge >= 0.3 is 7.12 Å². The predicted molar refractivity (Wildman–Crippen MR) is 175 cm³/mol. The molecule has 0 bridgehead atoms. The molecule has 2 heterocycles. The van der Waals surface area contributed by atoms with Crippen LogP contribution in [0.5, 0.6) is 0 Å². The third-order valence-corrected chi connectivity index (χ3v) is 8.28. The van der Waals surface area contributed by atoms with Crippen LogP contribution in [0.4, 0.5) is 15.8 Å². The second kappa shape index (κ2) is 11.5. The quantitative estimate of drug-likeness (QED) is 0.170. The van der Waals surface area contributed by atoms with Crippen LogP contribution in [0.15, 0.2) is 85.2 Å². The Bertz CT molecular complexity index is 1950. The van der Waals surface area contributed by atoms with Crippen molar-refractivity contribution in [1.29, 1.82) is 0 Å². The number of benzene rings is 4. The fourth-order valence-electron chi connectivity index (χ4n) is 5.19. The molecule has 4 aromatic carbocycles. The Morgan fingerprint density at radius 2 is 1.25 bits per heavy atom. The Labute approximate surface area is 257 Å². The van der Waals surface area contributed by atoms with E-state index in [1.54, 1.807) is 26.1 Å². The molecule has 1 aromatic heterocycles. The van der Waals surface area contributed by atoms with Gasteiger partial charge in [0.05, 0.1) is 36.1 Å². The Kier molecular flexibility index (Phi) is 8.05. The maximum absolute atomic E-state index is 14.2. The summed E-state index contributed by atoms with van der Waals surface area (Å²) in [6.07, 6.45) is 2.67. The van der Waals surface area contributed by atoms with Crippen LogP contribution in [-0.4, -0.2) is 28.4 Å².